The molecule has 0 amide bonds. The smallest absolute Gasteiger partial charge is 0.192 e. The molecule has 3 aromatic rings. The van der Waals surface area contributed by atoms with Crippen LogP contribution in [0.3, 0.4) is 0 Å². The van der Waals surface area contributed by atoms with Crippen molar-refractivity contribution in [2.45, 2.75) is 6.92 Å². The van der Waals surface area contributed by atoms with Gasteiger partial charge in [-0.3, -0.25) is 0 Å². The molecule has 2 heterocycles. The van der Waals surface area contributed by atoms with Crippen molar-refractivity contribution < 1.29 is 4.42 Å². The van der Waals surface area contributed by atoms with E-state index in [4.69, 9.17) is 4.42 Å². The number of aromatic nitrogens is 2. The first-order chi connectivity index (χ1) is 8.26. The zero-order valence-electron chi connectivity index (χ0n) is 9.52. The Labute approximate surface area is 102 Å². The Bertz CT molecular complexity index is 671. The molecule has 1 aromatic carbocycles. The van der Waals surface area contributed by atoms with E-state index in [1.54, 1.807) is 11.3 Å². The summed E-state index contributed by atoms with van der Waals surface area (Å²) in [6, 6.07) is 5.95. The standard InChI is InChI=1S/C12H11N3OS/c1-7-14-9-4-3-8(5-11(9)16-7)10-6-17-12(13-2)15-10/h3-6H,1-2H3,(H,13,15). The van der Waals surface area contributed by atoms with Crippen molar-refractivity contribution in [1.82, 2.24) is 9.97 Å². The maximum Gasteiger partial charge on any atom is 0.192 e. The maximum absolute atomic E-state index is 5.51. The first-order valence-electron chi connectivity index (χ1n) is 5.27. The molecule has 0 aliphatic heterocycles. The number of benzene rings is 1. The second-order valence-corrected chi connectivity index (χ2v) is 4.56. The van der Waals surface area contributed by atoms with Crippen LogP contribution in [0.5, 0.6) is 0 Å². The Morgan fingerprint density at radius 3 is 2.94 bits per heavy atom. The van der Waals surface area contributed by atoms with Crippen LogP contribution in [0, 0.1) is 6.92 Å². The van der Waals surface area contributed by atoms with Crippen LogP contribution in [0.1, 0.15) is 5.89 Å². The third-order valence-electron chi connectivity index (χ3n) is 2.51. The van der Waals surface area contributed by atoms with Crippen molar-refractivity contribution >= 4 is 27.6 Å². The number of rotatable bonds is 2. The monoisotopic (exact) mass is 245 g/mol. The lowest BCUT2D eigenvalue weighted by Gasteiger charge is -1.95. The van der Waals surface area contributed by atoms with Gasteiger partial charge in [0, 0.05) is 24.9 Å². The number of anilines is 1. The van der Waals surface area contributed by atoms with Gasteiger partial charge in [0.2, 0.25) is 0 Å². The molecule has 0 atom stereocenters. The van der Waals surface area contributed by atoms with Crippen LogP contribution in [0.15, 0.2) is 28.0 Å². The molecule has 0 saturated heterocycles. The Balaban J connectivity index is 2.10. The molecule has 0 aliphatic rings. The number of hydrogen-bond donors (Lipinski definition) is 1. The molecule has 0 fully saturated rings. The van der Waals surface area contributed by atoms with E-state index in [-0.39, 0.29) is 0 Å². The van der Waals surface area contributed by atoms with Gasteiger partial charge in [-0.25, -0.2) is 9.97 Å². The Morgan fingerprint density at radius 1 is 1.29 bits per heavy atom. The maximum atomic E-state index is 5.51. The fourth-order valence-corrected chi connectivity index (χ4v) is 2.40. The van der Waals surface area contributed by atoms with Crippen LogP contribution in [0.4, 0.5) is 5.13 Å². The molecule has 86 valence electrons. The largest absolute Gasteiger partial charge is 0.441 e. The molecule has 1 N–H and O–H groups in total. The summed E-state index contributed by atoms with van der Waals surface area (Å²) < 4.78 is 5.51. The molecule has 2 aromatic heterocycles. The van der Waals surface area contributed by atoms with E-state index >= 15 is 0 Å². The summed E-state index contributed by atoms with van der Waals surface area (Å²) >= 11 is 1.59. The first kappa shape index (κ1) is 10.3. The lowest BCUT2D eigenvalue weighted by molar-refractivity contribution is 0.561. The van der Waals surface area contributed by atoms with Gasteiger partial charge in [0.15, 0.2) is 16.6 Å². The normalized spacial score (nSPS) is 10.9. The SMILES string of the molecule is CNc1nc(-c2ccc3nc(C)oc3c2)cs1. The van der Waals surface area contributed by atoms with Crippen molar-refractivity contribution in [2.75, 3.05) is 12.4 Å². The van der Waals surface area contributed by atoms with Crippen molar-refractivity contribution in [3.63, 3.8) is 0 Å². The predicted octanol–water partition coefficient (Wildman–Crippen LogP) is 3.30. The first-order valence-corrected chi connectivity index (χ1v) is 6.15. The molecule has 4 nitrogen and oxygen atoms in total. The van der Waals surface area contributed by atoms with Crippen LogP contribution in [-0.2, 0) is 0 Å². The highest BCUT2D eigenvalue weighted by molar-refractivity contribution is 7.14. The summed E-state index contributed by atoms with van der Waals surface area (Å²) in [4.78, 5) is 8.73. The van der Waals surface area contributed by atoms with Crippen molar-refractivity contribution in [2.24, 2.45) is 0 Å². The van der Waals surface area contributed by atoms with Gasteiger partial charge in [0.25, 0.3) is 0 Å². The average molecular weight is 245 g/mol. The zero-order valence-corrected chi connectivity index (χ0v) is 10.3. The number of aryl methyl sites for hydroxylation is 1. The zero-order chi connectivity index (χ0) is 11.8. The highest BCUT2D eigenvalue weighted by atomic mass is 32.1. The van der Waals surface area contributed by atoms with Gasteiger partial charge in [-0.05, 0) is 12.1 Å². The van der Waals surface area contributed by atoms with Crippen molar-refractivity contribution in [3.8, 4) is 11.3 Å². The van der Waals surface area contributed by atoms with E-state index in [0.29, 0.717) is 5.89 Å². The third kappa shape index (κ3) is 1.78. The van der Waals surface area contributed by atoms with Gasteiger partial charge in [-0.1, -0.05) is 6.07 Å². The summed E-state index contributed by atoms with van der Waals surface area (Å²) in [5, 5.41) is 5.97. The molecule has 0 unspecified atom stereocenters. The average Bonchev–Trinajstić information content (AvgIpc) is 2.92. The van der Waals surface area contributed by atoms with Crippen molar-refractivity contribution in [1.29, 1.82) is 0 Å². The molecule has 3 rings (SSSR count). The van der Waals surface area contributed by atoms with Crippen LogP contribution in [0.25, 0.3) is 22.4 Å². The van der Waals surface area contributed by atoms with Crippen LogP contribution >= 0.6 is 11.3 Å². The number of hydrogen-bond acceptors (Lipinski definition) is 5. The molecule has 17 heavy (non-hydrogen) atoms. The van der Waals surface area contributed by atoms with E-state index in [1.165, 1.54) is 0 Å². The predicted molar refractivity (Wildman–Crippen MR) is 69.4 cm³/mol. The summed E-state index contributed by atoms with van der Waals surface area (Å²) in [5.74, 6) is 0.686. The highest BCUT2D eigenvalue weighted by Crippen LogP contribution is 2.27. The summed E-state index contributed by atoms with van der Waals surface area (Å²) in [6.07, 6.45) is 0. The number of thiazole rings is 1. The van der Waals surface area contributed by atoms with Gasteiger partial charge in [-0.2, -0.15) is 0 Å². The number of fused-ring (bicyclic) bond motifs is 1. The Kier molecular flexibility index (Phi) is 2.33. The molecular weight excluding hydrogens is 234 g/mol. The fraction of sp³-hybridized carbons (Fsp3) is 0.167. The van der Waals surface area contributed by atoms with Gasteiger partial charge in [-0.15, -0.1) is 11.3 Å². The van der Waals surface area contributed by atoms with E-state index in [9.17, 15) is 0 Å². The third-order valence-corrected chi connectivity index (χ3v) is 3.37. The minimum atomic E-state index is 0.686. The van der Waals surface area contributed by atoms with Gasteiger partial charge >= 0.3 is 0 Å². The van der Waals surface area contributed by atoms with E-state index in [0.717, 1.165) is 27.5 Å². The Morgan fingerprint density at radius 2 is 2.18 bits per heavy atom. The van der Waals surface area contributed by atoms with E-state index in [1.807, 2.05) is 37.6 Å². The summed E-state index contributed by atoms with van der Waals surface area (Å²) in [7, 11) is 1.87. The van der Waals surface area contributed by atoms with Gasteiger partial charge in [0.05, 0.1) is 5.69 Å². The molecule has 0 saturated carbocycles. The quantitative estimate of drug-likeness (QED) is 0.752. The van der Waals surface area contributed by atoms with Crippen molar-refractivity contribution in [3.05, 3.63) is 29.5 Å². The topological polar surface area (TPSA) is 51.0 Å². The van der Waals surface area contributed by atoms with Crippen LogP contribution in [-0.4, -0.2) is 17.0 Å². The van der Waals surface area contributed by atoms with Crippen LogP contribution in [0.2, 0.25) is 0 Å². The minimum Gasteiger partial charge on any atom is -0.441 e. The Hall–Kier alpha value is -1.88. The molecule has 0 aliphatic carbocycles. The molecular formula is C12H11N3OS. The lowest BCUT2D eigenvalue weighted by Crippen LogP contribution is -1.85. The summed E-state index contributed by atoms with van der Waals surface area (Å²) in [6.45, 7) is 1.85. The highest BCUT2D eigenvalue weighted by Gasteiger charge is 2.07. The summed E-state index contributed by atoms with van der Waals surface area (Å²) in [5.41, 5.74) is 3.69. The van der Waals surface area contributed by atoms with Gasteiger partial charge in [0.1, 0.15) is 5.52 Å². The lowest BCUT2D eigenvalue weighted by atomic mass is 10.1. The van der Waals surface area contributed by atoms with Gasteiger partial charge < -0.3 is 9.73 Å². The second kappa shape index (κ2) is 3.85. The number of nitrogens with zero attached hydrogens (tertiary/aromatic N) is 2. The molecule has 0 radical (unpaired) electrons. The van der Waals surface area contributed by atoms with E-state index < -0.39 is 0 Å². The second-order valence-electron chi connectivity index (χ2n) is 3.70. The van der Waals surface area contributed by atoms with E-state index in [2.05, 4.69) is 15.3 Å². The minimum absolute atomic E-state index is 0.686. The number of oxazole rings is 1. The molecule has 0 bridgehead atoms. The van der Waals surface area contributed by atoms with Crippen LogP contribution < -0.4 is 5.32 Å². The molecule has 5 heteroatoms. The molecule has 0 spiro atoms. The fourth-order valence-electron chi connectivity index (χ4n) is 1.72. The number of nitrogens with one attached hydrogen (secondary N) is 1.